The number of rotatable bonds is 6. The lowest BCUT2D eigenvalue weighted by atomic mass is 10.1. The van der Waals surface area contributed by atoms with Crippen LogP contribution >= 0.6 is 23.2 Å². The minimum atomic E-state index is -1.08. The number of ether oxygens (including phenoxy) is 1. The zero-order valence-corrected chi connectivity index (χ0v) is 12.7. The van der Waals surface area contributed by atoms with Crippen molar-refractivity contribution in [2.24, 2.45) is 0 Å². The first-order valence-corrected chi connectivity index (χ1v) is 6.70. The lowest BCUT2D eigenvalue weighted by Crippen LogP contribution is -2.36. The van der Waals surface area contributed by atoms with E-state index in [1.54, 1.807) is 0 Å². The Morgan fingerprint density at radius 2 is 1.90 bits per heavy atom. The van der Waals surface area contributed by atoms with Gasteiger partial charge in [-0.15, -0.1) is 0 Å². The van der Waals surface area contributed by atoms with Gasteiger partial charge in [0.1, 0.15) is 12.3 Å². The third-order valence-electron chi connectivity index (χ3n) is 2.58. The van der Waals surface area contributed by atoms with E-state index in [1.807, 2.05) is 6.92 Å². The summed E-state index contributed by atoms with van der Waals surface area (Å²) in [7, 11) is 1.40. The fourth-order valence-electron chi connectivity index (χ4n) is 1.72. The van der Waals surface area contributed by atoms with Crippen molar-refractivity contribution in [3.8, 4) is 5.75 Å². The molecular formula is C13H15Cl2NO4. The zero-order valence-electron chi connectivity index (χ0n) is 11.2. The number of carboxylic acid groups (broad SMARTS) is 1. The summed E-state index contributed by atoms with van der Waals surface area (Å²) in [6.07, 6.45) is 0.642. The summed E-state index contributed by atoms with van der Waals surface area (Å²) < 4.78 is 5.10. The first-order chi connectivity index (χ1) is 9.40. The van der Waals surface area contributed by atoms with Gasteiger partial charge in [0.05, 0.1) is 22.7 Å². The van der Waals surface area contributed by atoms with Crippen molar-refractivity contribution in [1.82, 2.24) is 4.90 Å². The molecule has 1 rings (SSSR count). The zero-order chi connectivity index (χ0) is 15.3. The summed E-state index contributed by atoms with van der Waals surface area (Å²) in [6.45, 7) is 1.80. The SMILES string of the molecule is CCCN(CC(=O)O)C(=O)c1cc(Cl)c(Cl)cc1OC. The molecule has 110 valence electrons. The van der Waals surface area contributed by atoms with E-state index in [0.717, 1.165) is 0 Å². The highest BCUT2D eigenvalue weighted by atomic mass is 35.5. The minimum absolute atomic E-state index is 0.191. The summed E-state index contributed by atoms with van der Waals surface area (Å²) in [5.74, 6) is -1.27. The second kappa shape index (κ2) is 7.36. The summed E-state index contributed by atoms with van der Waals surface area (Å²) in [6, 6.07) is 2.82. The van der Waals surface area contributed by atoms with E-state index in [2.05, 4.69) is 0 Å². The van der Waals surface area contributed by atoms with E-state index in [-0.39, 0.29) is 27.9 Å². The molecule has 0 radical (unpaired) electrons. The maximum atomic E-state index is 12.4. The first kappa shape index (κ1) is 16.6. The topological polar surface area (TPSA) is 66.8 Å². The number of benzene rings is 1. The van der Waals surface area contributed by atoms with Crippen LogP contribution in [-0.4, -0.2) is 42.1 Å². The van der Waals surface area contributed by atoms with Crippen molar-refractivity contribution in [1.29, 1.82) is 0 Å². The van der Waals surface area contributed by atoms with Crippen molar-refractivity contribution < 1.29 is 19.4 Å². The molecule has 0 saturated heterocycles. The first-order valence-electron chi connectivity index (χ1n) is 5.94. The van der Waals surface area contributed by atoms with E-state index in [4.69, 9.17) is 33.0 Å². The van der Waals surface area contributed by atoms with Crippen LogP contribution in [0.4, 0.5) is 0 Å². The molecule has 0 heterocycles. The van der Waals surface area contributed by atoms with Crippen LogP contribution in [0.25, 0.3) is 0 Å². The average molecular weight is 320 g/mol. The minimum Gasteiger partial charge on any atom is -0.496 e. The number of halogens is 2. The van der Waals surface area contributed by atoms with Crippen LogP contribution in [0.5, 0.6) is 5.75 Å². The molecule has 0 aliphatic carbocycles. The highest BCUT2D eigenvalue weighted by Gasteiger charge is 2.22. The number of methoxy groups -OCH3 is 1. The smallest absolute Gasteiger partial charge is 0.323 e. The standard InChI is InChI=1S/C13H15Cl2NO4/c1-3-4-16(7-12(17)18)13(19)8-5-9(14)10(15)6-11(8)20-2/h5-6H,3-4,7H2,1-2H3,(H,17,18). The Bertz CT molecular complexity index is 519. The third-order valence-corrected chi connectivity index (χ3v) is 3.30. The summed E-state index contributed by atoms with van der Waals surface area (Å²) in [5.41, 5.74) is 0.191. The summed E-state index contributed by atoms with van der Waals surface area (Å²) in [5, 5.41) is 9.33. The molecule has 0 aliphatic heterocycles. The summed E-state index contributed by atoms with van der Waals surface area (Å²) >= 11 is 11.8. The highest BCUT2D eigenvalue weighted by molar-refractivity contribution is 6.42. The molecule has 20 heavy (non-hydrogen) atoms. The molecule has 0 unspecified atom stereocenters. The lowest BCUT2D eigenvalue weighted by Gasteiger charge is -2.21. The van der Waals surface area contributed by atoms with E-state index in [1.165, 1.54) is 24.1 Å². The van der Waals surface area contributed by atoms with Gasteiger partial charge in [-0.25, -0.2) is 0 Å². The normalized spacial score (nSPS) is 10.2. The molecule has 1 aromatic carbocycles. The number of nitrogens with zero attached hydrogens (tertiary/aromatic N) is 1. The Labute approximate surface area is 127 Å². The van der Waals surface area contributed by atoms with Gasteiger partial charge >= 0.3 is 5.97 Å². The molecule has 0 bridgehead atoms. The monoisotopic (exact) mass is 319 g/mol. The Hall–Kier alpha value is -1.46. The van der Waals surface area contributed by atoms with Gasteiger partial charge in [-0.05, 0) is 12.5 Å². The lowest BCUT2D eigenvalue weighted by molar-refractivity contribution is -0.137. The van der Waals surface area contributed by atoms with Crippen LogP contribution in [0.3, 0.4) is 0 Å². The number of carboxylic acids is 1. The predicted octanol–water partition coefficient (Wildman–Crippen LogP) is 2.94. The predicted molar refractivity (Wildman–Crippen MR) is 76.8 cm³/mol. The third kappa shape index (κ3) is 4.02. The van der Waals surface area contributed by atoms with Crippen molar-refractivity contribution in [2.75, 3.05) is 20.2 Å². The van der Waals surface area contributed by atoms with E-state index in [9.17, 15) is 9.59 Å². The quantitative estimate of drug-likeness (QED) is 0.875. The molecule has 5 nitrogen and oxygen atoms in total. The van der Waals surface area contributed by atoms with E-state index in [0.29, 0.717) is 13.0 Å². The average Bonchev–Trinajstić information content (AvgIpc) is 2.39. The van der Waals surface area contributed by atoms with Crippen LogP contribution < -0.4 is 4.74 Å². The molecule has 0 atom stereocenters. The molecule has 0 aliphatic rings. The number of hydrogen-bond donors (Lipinski definition) is 1. The number of aliphatic carboxylic acids is 1. The molecule has 0 fully saturated rings. The Morgan fingerprint density at radius 1 is 1.30 bits per heavy atom. The summed E-state index contributed by atoms with van der Waals surface area (Å²) in [4.78, 5) is 24.4. The van der Waals surface area contributed by atoms with Gasteiger partial charge in [-0.3, -0.25) is 9.59 Å². The Kier molecular flexibility index (Phi) is 6.10. The molecule has 1 aromatic rings. The van der Waals surface area contributed by atoms with Crippen molar-refractivity contribution in [3.05, 3.63) is 27.7 Å². The van der Waals surface area contributed by atoms with Gasteiger partial charge < -0.3 is 14.7 Å². The van der Waals surface area contributed by atoms with Gasteiger partial charge in [0, 0.05) is 12.6 Å². The van der Waals surface area contributed by atoms with Gasteiger partial charge in [-0.1, -0.05) is 30.1 Å². The Balaban J connectivity index is 3.16. The second-order valence-corrected chi connectivity index (χ2v) is 4.90. The second-order valence-electron chi connectivity index (χ2n) is 4.09. The number of hydrogen-bond acceptors (Lipinski definition) is 3. The number of carbonyl (C=O) groups excluding carboxylic acids is 1. The molecule has 1 amide bonds. The molecule has 0 aromatic heterocycles. The van der Waals surface area contributed by atoms with Crippen molar-refractivity contribution >= 4 is 35.1 Å². The largest absolute Gasteiger partial charge is 0.496 e. The van der Waals surface area contributed by atoms with E-state index >= 15 is 0 Å². The van der Waals surface area contributed by atoms with E-state index < -0.39 is 11.9 Å². The van der Waals surface area contributed by atoms with Gasteiger partial charge in [0.2, 0.25) is 0 Å². The van der Waals surface area contributed by atoms with Crippen LogP contribution in [0.15, 0.2) is 12.1 Å². The number of carbonyl (C=O) groups is 2. The van der Waals surface area contributed by atoms with Gasteiger partial charge in [0.15, 0.2) is 0 Å². The van der Waals surface area contributed by atoms with Gasteiger partial charge in [0.25, 0.3) is 5.91 Å². The molecule has 7 heteroatoms. The molecule has 1 N–H and O–H groups in total. The van der Waals surface area contributed by atoms with Crippen LogP contribution in [0.2, 0.25) is 10.0 Å². The van der Waals surface area contributed by atoms with Crippen LogP contribution in [0, 0.1) is 0 Å². The highest BCUT2D eigenvalue weighted by Crippen LogP contribution is 2.31. The maximum Gasteiger partial charge on any atom is 0.323 e. The number of amides is 1. The Morgan fingerprint density at radius 3 is 2.40 bits per heavy atom. The molecular weight excluding hydrogens is 305 g/mol. The maximum absolute atomic E-state index is 12.4. The molecule has 0 saturated carbocycles. The van der Waals surface area contributed by atoms with Crippen molar-refractivity contribution in [3.63, 3.8) is 0 Å². The van der Waals surface area contributed by atoms with Crippen molar-refractivity contribution in [2.45, 2.75) is 13.3 Å². The van der Waals surface area contributed by atoms with Gasteiger partial charge in [-0.2, -0.15) is 0 Å². The fourth-order valence-corrected chi connectivity index (χ4v) is 2.04. The van der Waals surface area contributed by atoms with Crippen LogP contribution in [-0.2, 0) is 4.79 Å². The fraction of sp³-hybridized carbons (Fsp3) is 0.385. The molecule has 0 spiro atoms. The van der Waals surface area contributed by atoms with Crippen LogP contribution in [0.1, 0.15) is 23.7 Å².